The summed E-state index contributed by atoms with van der Waals surface area (Å²) >= 11 is 0. The maximum absolute atomic E-state index is 11.9. The Labute approximate surface area is 86.2 Å². The van der Waals surface area contributed by atoms with Gasteiger partial charge in [0.2, 0.25) is 0 Å². The van der Waals surface area contributed by atoms with E-state index in [2.05, 4.69) is 45.0 Å². The molecule has 0 aliphatic carbocycles. The molecule has 1 rings (SSSR count). The molecule has 0 aromatic heterocycles. The summed E-state index contributed by atoms with van der Waals surface area (Å²) in [5.74, 6) is 0. The summed E-state index contributed by atoms with van der Waals surface area (Å²) in [5.41, 5.74) is 2.77. The number of benzene rings is 1. The number of hydrogen-bond acceptors (Lipinski definition) is 0. The molecule has 78 valence electrons. The van der Waals surface area contributed by atoms with Crippen LogP contribution in [0.5, 0.6) is 0 Å². The monoisotopic (exact) mass is 194 g/mol. The fourth-order valence-electron chi connectivity index (χ4n) is 1.44. The third-order valence-electron chi connectivity index (χ3n) is 2.42. The average Bonchev–Trinajstić information content (AvgIpc) is 2.14. The molecule has 14 heavy (non-hydrogen) atoms. The predicted molar refractivity (Wildman–Crippen MR) is 59.4 cm³/mol. The first-order valence-corrected chi connectivity index (χ1v) is 5.19. The van der Waals surface area contributed by atoms with E-state index in [0.29, 0.717) is 6.42 Å². The van der Waals surface area contributed by atoms with Gasteiger partial charge in [0.1, 0.15) is 0 Å². The van der Waals surface area contributed by atoms with Gasteiger partial charge in [0.15, 0.2) is 0 Å². The highest BCUT2D eigenvalue weighted by Gasteiger charge is 2.12. The van der Waals surface area contributed by atoms with E-state index in [1.807, 2.05) is 0 Å². The van der Waals surface area contributed by atoms with E-state index in [-0.39, 0.29) is 12.1 Å². The molecule has 0 saturated heterocycles. The van der Waals surface area contributed by atoms with Crippen molar-refractivity contribution < 1.29 is 4.39 Å². The summed E-state index contributed by atoms with van der Waals surface area (Å²) in [6, 6.07) is 8.51. The second-order valence-corrected chi connectivity index (χ2v) is 4.74. The average molecular weight is 194 g/mol. The minimum Gasteiger partial charge on any atom is -0.251 e. The molecule has 1 aromatic carbocycles. The minimum absolute atomic E-state index is 0.207. The van der Waals surface area contributed by atoms with Crippen molar-refractivity contribution in [1.29, 1.82) is 0 Å². The van der Waals surface area contributed by atoms with Gasteiger partial charge in [-0.25, -0.2) is 0 Å². The van der Waals surface area contributed by atoms with Crippen LogP contribution < -0.4 is 0 Å². The first kappa shape index (κ1) is 11.2. The van der Waals surface area contributed by atoms with Gasteiger partial charge in [-0.15, -0.1) is 0 Å². The van der Waals surface area contributed by atoms with Crippen LogP contribution in [-0.2, 0) is 11.8 Å². The Morgan fingerprint density at radius 2 is 1.64 bits per heavy atom. The summed E-state index contributed by atoms with van der Waals surface area (Å²) in [4.78, 5) is 0. The molecule has 1 aromatic rings. The van der Waals surface area contributed by atoms with Crippen LogP contribution in [-0.4, -0.2) is 6.67 Å². The largest absolute Gasteiger partial charge is 0.251 e. The lowest BCUT2D eigenvalue weighted by Crippen LogP contribution is -2.10. The summed E-state index contributed by atoms with van der Waals surface area (Å²) in [6.45, 7) is 6.37. The van der Waals surface area contributed by atoms with Crippen LogP contribution in [0.4, 0.5) is 4.39 Å². The maximum atomic E-state index is 11.9. The van der Waals surface area contributed by atoms with Crippen molar-refractivity contribution in [2.24, 2.45) is 0 Å². The second-order valence-electron chi connectivity index (χ2n) is 4.74. The van der Waals surface area contributed by atoms with Gasteiger partial charge >= 0.3 is 0 Å². The highest BCUT2D eigenvalue weighted by Crippen LogP contribution is 2.22. The highest BCUT2D eigenvalue weighted by atomic mass is 19.1. The Morgan fingerprint density at radius 1 is 1.07 bits per heavy atom. The van der Waals surface area contributed by atoms with Gasteiger partial charge in [0, 0.05) is 0 Å². The standard InChI is InChI=1S/C13H19F/c1-13(2,3)12-8-6-11(7-9-12)5-4-10-14/h6-9H,4-5,10H2,1-3H3. The van der Waals surface area contributed by atoms with E-state index in [0.717, 1.165) is 6.42 Å². The molecule has 0 radical (unpaired) electrons. The topological polar surface area (TPSA) is 0 Å². The van der Waals surface area contributed by atoms with Crippen LogP contribution in [0.3, 0.4) is 0 Å². The van der Waals surface area contributed by atoms with Crippen molar-refractivity contribution in [3.8, 4) is 0 Å². The Kier molecular flexibility index (Phi) is 3.68. The van der Waals surface area contributed by atoms with E-state index in [9.17, 15) is 4.39 Å². The van der Waals surface area contributed by atoms with Crippen LogP contribution in [0.1, 0.15) is 38.3 Å². The molecule has 0 bridgehead atoms. The molecule has 0 aliphatic rings. The van der Waals surface area contributed by atoms with Gasteiger partial charge in [-0.1, -0.05) is 45.0 Å². The molecule has 0 amide bonds. The zero-order valence-electron chi connectivity index (χ0n) is 9.31. The van der Waals surface area contributed by atoms with Gasteiger partial charge in [0.25, 0.3) is 0 Å². The lowest BCUT2D eigenvalue weighted by Gasteiger charge is -2.19. The molecule has 0 spiro atoms. The van der Waals surface area contributed by atoms with E-state index in [4.69, 9.17) is 0 Å². The van der Waals surface area contributed by atoms with Crippen LogP contribution in [0.25, 0.3) is 0 Å². The lowest BCUT2D eigenvalue weighted by atomic mass is 9.86. The van der Waals surface area contributed by atoms with Crippen molar-refractivity contribution in [2.45, 2.75) is 39.0 Å². The fourth-order valence-corrected chi connectivity index (χ4v) is 1.44. The maximum Gasteiger partial charge on any atom is 0.0897 e. The van der Waals surface area contributed by atoms with Crippen LogP contribution in [0.15, 0.2) is 24.3 Å². The predicted octanol–water partition coefficient (Wildman–Crippen LogP) is 3.89. The summed E-state index contributed by atoms with van der Waals surface area (Å²) in [5, 5.41) is 0. The van der Waals surface area contributed by atoms with E-state index < -0.39 is 0 Å². The van der Waals surface area contributed by atoms with Gasteiger partial charge in [-0.2, -0.15) is 0 Å². The third kappa shape index (κ3) is 3.13. The van der Waals surface area contributed by atoms with Crippen LogP contribution >= 0.6 is 0 Å². The Hall–Kier alpha value is -0.850. The number of aryl methyl sites for hydroxylation is 1. The SMILES string of the molecule is CC(C)(C)c1ccc(CCCF)cc1. The minimum atomic E-state index is -0.221. The van der Waals surface area contributed by atoms with Gasteiger partial charge in [-0.3, -0.25) is 4.39 Å². The molecule has 0 heterocycles. The zero-order chi connectivity index (χ0) is 10.6. The van der Waals surface area contributed by atoms with Gasteiger partial charge in [0.05, 0.1) is 6.67 Å². The number of alkyl halides is 1. The fraction of sp³-hybridized carbons (Fsp3) is 0.538. The van der Waals surface area contributed by atoms with Crippen molar-refractivity contribution in [3.05, 3.63) is 35.4 Å². The van der Waals surface area contributed by atoms with E-state index in [1.165, 1.54) is 11.1 Å². The lowest BCUT2D eigenvalue weighted by molar-refractivity contribution is 0.473. The Balaban J connectivity index is 2.69. The van der Waals surface area contributed by atoms with Gasteiger partial charge < -0.3 is 0 Å². The normalized spacial score (nSPS) is 11.7. The number of rotatable bonds is 3. The highest BCUT2D eigenvalue weighted by molar-refractivity contribution is 5.27. The van der Waals surface area contributed by atoms with Gasteiger partial charge in [-0.05, 0) is 29.4 Å². The molecule has 0 aliphatic heterocycles. The van der Waals surface area contributed by atoms with Crippen LogP contribution in [0.2, 0.25) is 0 Å². The smallest absolute Gasteiger partial charge is 0.0897 e. The summed E-state index contributed by atoms with van der Waals surface area (Å²) in [7, 11) is 0. The van der Waals surface area contributed by atoms with Crippen molar-refractivity contribution in [2.75, 3.05) is 6.67 Å². The molecule has 1 heteroatoms. The molecule has 0 nitrogen and oxygen atoms in total. The summed E-state index contributed by atoms with van der Waals surface area (Å²) in [6.07, 6.45) is 1.48. The molecule has 0 unspecified atom stereocenters. The van der Waals surface area contributed by atoms with Crippen LogP contribution in [0, 0.1) is 0 Å². The first-order chi connectivity index (χ1) is 6.54. The zero-order valence-corrected chi connectivity index (χ0v) is 9.31. The third-order valence-corrected chi connectivity index (χ3v) is 2.42. The summed E-state index contributed by atoms with van der Waals surface area (Å²) < 4.78 is 11.9. The molecule has 0 atom stereocenters. The number of hydrogen-bond donors (Lipinski definition) is 0. The second kappa shape index (κ2) is 4.59. The Bertz CT molecular complexity index is 266. The van der Waals surface area contributed by atoms with E-state index >= 15 is 0 Å². The van der Waals surface area contributed by atoms with Crippen molar-refractivity contribution in [1.82, 2.24) is 0 Å². The molecule has 0 N–H and O–H groups in total. The van der Waals surface area contributed by atoms with Crippen molar-refractivity contribution >= 4 is 0 Å². The van der Waals surface area contributed by atoms with E-state index in [1.54, 1.807) is 0 Å². The molecular formula is C13H19F. The quantitative estimate of drug-likeness (QED) is 0.685. The first-order valence-electron chi connectivity index (χ1n) is 5.19. The molecule has 0 fully saturated rings. The van der Waals surface area contributed by atoms with Crippen molar-refractivity contribution in [3.63, 3.8) is 0 Å². The molecular weight excluding hydrogens is 175 g/mol. The Morgan fingerprint density at radius 3 is 2.07 bits per heavy atom. The number of halogens is 1. The molecule has 0 saturated carbocycles.